The summed E-state index contributed by atoms with van der Waals surface area (Å²) in [5.41, 5.74) is 2.78. The van der Waals surface area contributed by atoms with E-state index in [0.717, 1.165) is 48.4 Å². The summed E-state index contributed by atoms with van der Waals surface area (Å²) in [4.78, 5) is 19.4. The Morgan fingerprint density at radius 2 is 1.82 bits per heavy atom. The zero-order valence-electron chi connectivity index (χ0n) is 13.8. The molecule has 0 atom stereocenters. The van der Waals surface area contributed by atoms with Gasteiger partial charge in [0.25, 0.3) is 5.91 Å². The molecule has 3 rings (SSSR count). The predicted octanol–water partition coefficient (Wildman–Crippen LogP) is 3.71. The number of nitrogens with zero attached hydrogens (tertiary/aromatic N) is 3. The molecule has 1 saturated heterocycles. The van der Waals surface area contributed by atoms with Crippen molar-refractivity contribution in [2.45, 2.75) is 45.4 Å². The fourth-order valence-corrected chi connectivity index (χ4v) is 3.32. The summed E-state index contributed by atoms with van der Waals surface area (Å²) in [7, 11) is 2.04. The van der Waals surface area contributed by atoms with Crippen LogP contribution in [0.25, 0.3) is 11.0 Å². The fraction of sp³-hybridized carbons (Fsp3) is 0.556. The first kappa shape index (κ1) is 15.1. The van der Waals surface area contributed by atoms with Gasteiger partial charge < -0.3 is 9.47 Å². The van der Waals surface area contributed by atoms with Crippen LogP contribution in [0, 0.1) is 0 Å². The molecule has 0 radical (unpaired) electrons. The molecule has 1 fully saturated rings. The number of rotatable bonds is 2. The second kappa shape index (κ2) is 6.11. The highest BCUT2D eigenvalue weighted by Gasteiger charge is 2.19. The summed E-state index contributed by atoms with van der Waals surface area (Å²) in [6.07, 6.45) is 4.71. The molecule has 1 amide bonds. The van der Waals surface area contributed by atoms with Gasteiger partial charge in [0, 0.05) is 31.6 Å². The minimum atomic E-state index is 0.153. The summed E-state index contributed by atoms with van der Waals surface area (Å²) in [5, 5.41) is 0. The van der Waals surface area contributed by atoms with E-state index >= 15 is 0 Å². The van der Waals surface area contributed by atoms with Gasteiger partial charge in [-0.05, 0) is 31.0 Å². The first-order valence-corrected chi connectivity index (χ1v) is 8.33. The Balaban J connectivity index is 1.92. The third-order valence-electron chi connectivity index (χ3n) is 4.57. The lowest BCUT2D eigenvalue weighted by atomic mass is 10.1. The van der Waals surface area contributed by atoms with Crippen molar-refractivity contribution in [3.63, 3.8) is 0 Å². The van der Waals surface area contributed by atoms with Crippen LogP contribution in [0.1, 0.15) is 61.6 Å². The van der Waals surface area contributed by atoms with Gasteiger partial charge in [0.1, 0.15) is 5.82 Å². The van der Waals surface area contributed by atoms with Gasteiger partial charge >= 0.3 is 0 Å². The largest absolute Gasteiger partial charge is 0.339 e. The average molecular weight is 299 g/mol. The summed E-state index contributed by atoms with van der Waals surface area (Å²) in [6.45, 7) is 6.06. The summed E-state index contributed by atoms with van der Waals surface area (Å²) >= 11 is 0. The molecule has 0 spiro atoms. The van der Waals surface area contributed by atoms with Gasteiger partial charge in [-0.1, -0.05) is 26.7 Å². The molecule has 0 aliphatic carbocycles. The van der Waals surface area contributed by atoms with Crippen molar-refractivity contribution in [3.8, 4) is 0 Å². The van der Waals surface area contributed by atoms with Crippen LogP contribution in [0.5, 0.6) is 0 Å². The van der Waals surface area contributed by atoms with Crippen LogP contribution in [-0.2, 0) is 7.05 Å². The molecule has 1 aliphatic rings. The Bertz CT molecular complexity index is 679. The van der Waals surface area contributed by atoms with E-state index < -0.39 is 0 Å². The third kappa shape index (κ3) is 2.74. The number of carbonyl (C=O) groups is 1. The lowest BCUT2D eigenvalue weighted by molar-refractivity contribution is 0.0762. The molecule has 4 heteroatoms. The van der Waals surface area contributed by atoms with E-state index in [9.17, 15) is 4.79 Å². The number of hydrogen-bond donors (Lipinski definition) is 0. The molecule has 1 aromatic heterocycles. The summed E-state index contributed by atoms with van der Waals surface area (Å²) in [5.74, 6) is 1.59. The molecule has 0 bridgehead atoms. The van der Waals surface area contributed by atoms with Crippen LogP contribution >= 0.6 is 0 Å². The van der Waals surface area contributed by atoms with Crippen molar-refractivity contribution in [1.82, 2.24) is 14.5 Å². The van der Waals surface area contributed by atoms with Gasteiger partial charge in [-0.2, -0.15) is 0 Å². The smallest absolute Gasteiger partial charge is 0.253 e. The molecule has 0 N–H and O–H groups in total. The van der Waals surface area contributed by atoms with E-state index in [1.807, 2.05) is 30.1 Å². The highest BCUT2D eigenvalue weighted by atomic mass is 16.2. The van der Waals surface area contributed by atoms with Crippen LogP contribution in [0.3, 0.4) is 0 Å². The van der Waals surface area contributed by atoms with Crippen molar-refractivity contribution in [1.29, 1.82) is 0 Å². The lowest BCUT2D eigenvalue weighted by Gasteiger charge is -2.20. The number of benzene rings is 1. The second-order valence-electron chi connectivity index (χ2n) is 6.59. The first-order valence-electron chi connectivity index (χ1n) is 8.33. The zero-order valence-corrected chi connectivity index (χ0v) is 13.8. The maximum atomic E-state index is 12.7. The molecular weight excluding hydrogens is 274 g/mol. The third-order valence-corrected chi connectivity index (χ3v) is 4.57. The number of aromatic nitrogens is 2. The molecule has 4 nitrogen and oxygen atoms in total. The molecule has 22 heavy (non-hydrogen) atoms. The molecule has 1 aromatic carbocycles. The van der Waals surface area contributed by atoms with Crippen LogP contribution in [0.15, 0.2) is 18.2 Å². The Kier molecular flexibility index (Phi) is 4.19. The number of amides is 1. The Morgan fingerprint density at radius 3 is 2.45 bits per heavy atom. The van der Waals surface area contributed by atoms with E-state index in [1.165, 1.54) is 12.8 Å². The highest BCUT2D eigenvalue weighted by Crippen LogP contribution is 2.22. The lowest BCUT2D eigenvalue weighted by Crippen LogP contribution is -2.31. The van der Waals surface area contributed by atoms with Crippen molar-refractivity contribution in [2.75, 3.05) is 13.1 Å². The molecule has 1 aliphatic heterocycles. The topological polar surface area (TPSA) is 38.1 Å². The Hall–Kier alpha value is -1.84. The molecule has 2 heterocycles. The average Bonchev–Trinajstić information content (AvgIpc) is 2.69. The second-order valence-corrected chi connectivity index (χ2v) is 6.59. The molecule has 0 saturated carbocycles. The van der Waals surface area contributed by atoms with Crippen LogP contribution in [-0.4, -0.2) is 33.4 Å². The quantitative estimate of drug-likeness (QED) is 0.848. The van der Waals surface area contributed by atoms with Crippen molar-refractivity contribution >= 4 is 16.9 Å². The zero-order chi connectivity index (χ0) is 15.7. The number of fused-ring (bicyclic) bond motifs is 1. The van der Waals surface area contributed by atoms with Gasteiger partial charge in [0.2, 0.25) is 0 Å². The van der Waals surface area contributed by atoms with E-state index in [2.05, 4.69) is 18.4 Å². The van der Waals surface area contributed by atoms with E-state index in [1.54, 1.807) is 0 Å². The maximum Gasteiger partial charge on any atom is 0.253 e. The van der Waals surface area contributed by atoms with Crippen molar-refractivity contribution < 1.29 is 4.79 Å². The number of aryl methyl sites for hydroxylation is 1. The van der Waals surface area contributed by atoms with Gasteiger partial charge in [-0.3, -0.25) is 4.79 Å². The molecule has 0 unspecified atom stereocenters. The minimum Gasteiger partial charge on any atom is -0.339 e. The first-order chi connectivity index (χ1) is 10.6. The number of imidazole rings is 1. The predicted molar refractivity (Wildman–Crippen MR) is 89.2 cm³/mol. The normalized spacial score (nSPS) is 16.3. The van der Waals surface area contributed by atoms with Crippen molar-refractivity contribution in [2.24, 2.45) is 7.05 Å². The minimum absolute atomic E-state index is 0.153. The molecule has 2 aromatic rings. The Morgan fingerprint density at radius 1 is 1.14 bits per heavy atom. The number of hydrogen-bond acceptors (Lipinski definition) is 2. The van der Waals surface area contributed by atoms with E-state index in [0.29, 0.717) is 5.92 Å². The van der Waals surface area contributed by atoms with Crippen LogP contribution in [0.2, 0.25) is 0 Å². The van der Waals surface area contributed by atoms with Gasteiger partial charge in [-0.15, -0.1) is 0 Å². The van der Waals surface area contributed by atoms with Gasteiger partial charge in [0.15, 0.2) is 0 Å². The van der Waals surface area contributed by atoms with Gasteiger partial charge in [-0.25, -0.2) is 4.98 Å². The maximum absolute atomic E-state index is 12.7. The monoisotopic (exact) mass is 299 g/mol. The summed E-state index contributed by atoms with van der Waals surface area (Å²) < 4.78 is 2.13. The van der Waals surface area contributed by atoms with E-state index in [-0.39, 0.29) is 5.91 Å². The number of carbonyl (C=O) groups excluding carboxylic acids is 1. The van der Waals surface area contributed by atoms with Crippen LogP contribution in [0.4, 0.5) is 0 Å². The molecule has 118 valence electrons. The highest BCUT2D eigenvalue weighted by molar-refractivity contribution is 5.97. The van der Waals surface area contributed by atoms with E-state index in [4.69, 9.17) is 4.98 Å². The number of likely N-dealkylation sites (tertiary alicyclic amines) is 1. The molecular formula is C18H25N3O. The SMILES string of the molecule is CC(C)c1nc2cc(C(=O)N3CCCCCC3)ccc2n1C. The fourth-order valence-electron chi connectivity index (χ4n) is 3.32. The summed E-state index contributed by atoms with van der Waals surface area (Å²) in [6, 6.07) is 5.93. The Labute approximate surface area is 132 Å². The standard InChI is InChI=1S/C18H25N3O/c1-13(2)17-19-15-12-14(8-9-16(15)20(17)3)18(22)21-10-6-4-5-7-11-21/h8-9,12-13H,4-7,10-11H2,1-3H3. The van der Waals surface area contributed by atoms with Gasteiger partial charge in [0.05, 0.1) is 11.0 Å². The van der Waals surface area contributed by atoms with Crippen molar-refractivity contribution in [3.05, 3.63) is 29.6 Å². The van der Waals surface area contributed by atoms with Crippen LogP contribution < -0.4 is 0 Å².